The summed E-state index contributed by atoms with van der Waals surface area (Å²) in [7, 11) is 0. The van der Waals surface area contributed by atoms with E-state index in [-0.39, 0.29) is 18.0 Å². The van der Waals surface area contributed by atoms with Crippen molar-refractivity contribution in [1.29, 1.82) is 0 Å². The summed E-state index contributed by atoms with van der Waals surface area (Å²) in [5.74, 6) is -1.12. The van der Waals surface area contributed by atoms with Gasteiger partial charge in [0.15, 0.2) is 0 Å². The number of carbonyl (C=O) groups excluding carboxylic acids is 1. The molecule has 0 aromatic heterocycles. The number of thioether (sulfide) groups is 1. The van der Waals surface area contributed by atoms with Crippen molar-refractivity contribution in [3.63, 3.8) is 0 Å². The lowest BCUT2D eigenvalue weighted by Crippen LogP contribution is -2.50. The summed E-state index contributed by atoms with van der Waals surface area (Å²) < 4.78 is 0. The van der Waals surface area contributed by atoms with Crippen LogP contribution in [0, 0.1) is 5.92 Å². The molecule has 2 amide bonds. The first-order chi connectivity index (χ1) is 8.43. The smallest absolute Gasteiger partial charge is 0.326 e. The van der Waals surface area contributed by atoms with Gasteiger partial charge in [-0.3, -0.25) is 0 Å². The minimum atomic E-state index is -0.992. The molecule has 0 spiro atoms. The summed E-state index contributed by atoms with van der Waals surface area (Å²) in [5.41, 5.74) is 0. The fourth-order valence-electron chi connectivity index (χ4n) is 2.17. The van der Waals surface area contributed by atoms with E-state index in [0.717, 1.165) is 19.3 Å². The van der Waals surface area contributed by atoms with Gasteiger partial charge in [-0.1, -0.05) is 13.8 Å². The summed E-state index contributed by atoms with van der Waals surface area (Å²) in [6.07, 6.45) is 5.12. The third-order valence-corrected chi connectivity index (χ3v) is 4.37. The van der Waals surface area contributed by atoms with Crippen molar-refractivity contribution in [1.82, 2.24) is 10.6 Å². The maximum Gasteiger partial charge on any atom is 0.326 e. The highest BCUT2D eigenvalue weighted by Crippen LogP contribution is 2.27. The number of rotatable bonds is 5. The van der Waals surface area contributed by atoms with E-state index in [9.17, 15) is 9.59 Å². The fourth-order valence-corrected chi connectivity index (χ4v) is 2.96. The molecule has 0 aromatic rings. The number of carbonyl (C=O) groups is 2. The van der Waals surface area contributed by atoms with Crippen molar-refractivity contribution in [2.75, 3.05) is 6.26 Å². The molecular formula is C12H22N2O3S. The van der Waals surface area contributed by atoms with Crippen molar-refractivity contribution in [3.05, 3.63) is 0 Å². The molecule has 0 radical (unpaired) electrons. The molecular weight excluding hydrogens is 252 g/mol. The average Bonchev–Trinajstić information content (AvgIpc) is 2.72. The van der Waals surface area contributed by atoms with Crippen molar-refractivity contribution >= 4 is 23.8 Å². The molecule has 2 unspecified atom stereocenters. The highest BCUT2D eigenvalue weighted by molar-refractivity contribution is 7.99. The normalized spacial score (nSPS) is 24.9. The second-order valence-electron chi connectivity index (χ2n) is 5.05. The lowest BCUT2D eigenvalue weighted by molar-refractivity contribution is -0.140. The first kappa shape index (κ1) is 15.1. The second-order valence-corrected chi connectivity index (χ2v) is 6.18. The van der Waals surface area contributed by atoms with Crippen LogP contribution in [0.2, 0.25) is 0 Å². The van der Waals surface area contributed by atoms with Gasteiger partial charge in [-0.25, -0.2) is 9.59 Å². The highest BCUT2D eigenvalue weighted by atomic mass is 32.2. The molecule has 0 saturated heterocycles. The van der Waals surface area contributed by atoms with Gasteiger partial charge < -0.3 is 15.7 Å². The molecule has 18 heavy (non-hydrogen) atoms. The van der Waals surface area contributed by atoms with Crippen LogP contribution < -0.4 is 10.6 Å². The summed E-state index contributed by atoms with van der Waals surface area (Å²) in [6, 6.07) is -1.03. The number of amides is 2. The molecule has 104 valence electrons. The van der Waals surface area contributed by atoms with Gasteiger partial charge in [0.1, 0.15) is 6.04 Å². The van der Waals surface area contributed by atoms with Gasteiger partial charge in [0.2, 0.25) is 0 Å². The first-order valence-corrected chi connectivity index (χ1v) is 7.55. The molecule has 0 aliphatic heterocycles. The predicted octanol–water partition coefficient (Wildman–Crippen LogP) is 1.68. The van der Waals surface area contributed by atoms with Crippen LogP contribution in [0.1, 0.15) is 33.1 Å². The van der Waals surface area contributed by atoms with Gasteiger partial charge in [-0.15, -0.1) is 0 Å². The molecule has 0 heterocycles. The van der Waals surface area contributed by atoms with Gasteiger partial charge >= 0.3 is 12.0 Å². The largest absolute Gasteiger partial charge is 0.480 e. The van der Waals surface area contributed by atoms with E-state index in [4.69, 9.17) is 5.11 Å². The molecule has 3 N–H and O–H groups in total. The van der Waals surface area contributed by atoms with Crippen molar-refractivity contribution in [2.24, 2.45) is 5.92 Å². The lowest BCUT2D eigenvalue weighted by atomic mass is 10.1. The minimum absolute atomic E-state index is 0.129. The maximum absolute atomic E-state index is 11.7. The molecule has 1 aliphatic rings. The SMILES string of the molecule is CSC1CCC(NC(=O)N[C@@H](C(=O)O)C(C)C)C1. The summed E-state index contributed by atoms with van der Waals surface area (Å²) in [4.78, 5) is 22.7. The monoisotopic (exact) mass is 274 g/mol. The van der Waals surface area contributed by atoms with Gasteiger partial charge in [-0.05, 0) is 31.4 Å². The van der Waals surface area contributed by atoms with Crippen LogP contribution >= 0.6 is 11.8 Å². The van der Waals surface area contributed by atoms with Crippen LogP contribution in [0.4, 0.5) is 4.79 Å². The number of nitrogens with one attached hydrogen (secondary N) is 2. The number of carboxylic acid groups (broad SMARTS) is 1. The van der Waals surface area contributed by atoms with Gasteiger partial charge in [0.05, 0.1) is 0 Å². The van der Waals surface area contributed by atoms with Crippen molar-refractivity contribution < 1.29 is 14.7 Å². The Bertz CT molecular complexity index is 310. The summed E-state index contributed by atoms with van der Waals surface area (Å²) >= 11 is 1.82. The molecule has 5 nitrogen and oxygen atoms in total. The number of hydrogen-bond donors (Lipinski definition) is 3. The Balaban J connectivity index is 2.39. The Hall–Kier alpha value is -0.910. The highest BCUT2D eigenvalue weighted by Gasteiger charge is 2.28. The van der Waals surface area contributed by atoms with Crippen LogP contribution in [0.15, 0.2) is 0 Å². The Labute approximate surface area is 112 Å². The quantitative estimate of drug-likeness (QED) is 0.712. The maximum atomic E-state index is 11.7. The molecule has 6 heteroatoms. The Kier molecular flexibility index (Phi) is 5.78. The molecule has 3 atom stereocenters. The van der Waals surface area contributed by atoms with E-state index in [1.807, 2.05) is 11.8 Å². The number of hydrogen-bond acceptors (Lipinski definition) is 3. The Morgan fingerprint density at radius 3 is 2.44 bits per heavy atom. The second kappa shape index (κ2) is 6.87. The topological polar surface area (TPSA) is 78.4 Å². The van der Waals surface area contributed by atoms with Crippen LogP contribution in [0.5, 0.6) is 0 Å². The van der Waals surface area contributed by atoms with E-state index < -0.39 is 12.0 Å². The summed E-state index contributed by atoms with van der Waals surface area (Å²) in [6.45, 7) is 3.55. The van der Waals surface area contributed by atoms with Gasteiger partial charge in [0.25, 0.3) is 0 Å². The zero-order valence-electron chi connectivity index (χ0n) is 11.1. The number of urea groups is 1. The van der Waals surface area contributed by atoms with Crippen molar-refractivity contribution in [3.8, 4) is 0 Å². The van der Waals surface area contributed by atoms with E-state index in [2.05, 4.69) is 16.9 Å². The Morgan fingerprint density at radius 2 is 2.00 bits per heavy atom. The minimum Gasteiger partial charge on any atom is -0.480 e. The van der Waals surface area contributed by atoms with Crippen LogP contribution in [0.3, 0.4) is 0 Å². The lowest BCUT2D eigenvalue weighted by Gasteiger charge is -2.20. The average molecular weight is 274 g/mol. The van der Waals surface area contributed by atoms with E-state index in [1.54, 1.807) is 13.8 Å². The van der Waals surface area contributed by atoms with Crippen molar-refractivity contribution in [2.45, 2.75) is 50.4 Å². The molecule has 1 rings (SSSR count). The summed E-state index contributed by atoms with van der Waals surface area (Å²) in [5, 5.41) is 15.0. The number of aliphatic carboxylic acids is 1. The predicted molar refractivity (Wildman–Crippen MR) is 72.9 cm³/mol. The molecule has 1 aliphatic carbocycles. The third-order valence-electron chi connectivity index (χ3n) is 3.27. The van der Waals surface area contributed by atoms with E-state index >= 15 is 0 Å². The molecule has 1 fully saturated rings. The van der Waals surface area contributed by atoms with E-state index in [0.29, 0.717) is 5.25 Å². The van der Waals surface area contributed by atoms with Crippen LogP contribution in [-0.2, 0) is 4.79 Å². The third kappa shape index (κ3) is 4.40. The molecule has 0 aromatic carbocycles. The zero-order chi connectivity index (χ0) is 13.7. The standard InChI is InChI=1S/C12H22N2O3S/c1-7(2)10(11(15)16)14-12(17)13-8-4-5-9(6-8)18-3/h7-10H,4-6H2,1-3H3,(H,15,16)(H2,13,14,17)/t8?,9?,10-/m1/s1. The fraction of sp³-hybridized carbons (Fsp3) is 0.833. The van der Waals surface area contributed by atoms with Gasteiger partial charge in [0, 0.05) is 11.3 Å². The van der Waals surface area contributed by atoms with E-state index in [1.165, 1.54) is 0 Å². The van der Waals surface area contributed by atoms with Crippen LogP contribution in [-0.4, -0.2) is 40.7 Å². The molecule has 0 bridgehead atoms. The van der Waals surface area contributed by atoms with Crippen LogP contribution in [0.25, 0.3) is 0 Å². The molecule has 1 saturated carbocycles. The Morgan fingerprint density at radius 1 is 1.33 bits per heavy atom. The van der Waals surface area contributed by atoms with Gasteiger partial charge in [-0.2, -0.15) is 11.8 Å². The zero-order valence-corrected chi connectivity index (χ0v) is 11.9. The first-order valence-electron chi connectivity index (χ1n) is 6.26. The number of carboxylic acids is 1.